The van der Waals surface area contributed by atoms with Crippen LogP contribution in [0.1, 0.15) is 11.1 Å². The van der Waals surface area contributed by atoms with E-state index in [0.717, 1.165) is 11.1 Å². The van der Waals surface area contributed by atoms with Gasteiger partial charge in [-0.25, -0.2) is 0 Å². The van der Waals surface area contributed by atoms with Crippen molar-refractivity contribution >= 4 is 7.82 Å². The molecule has 0 saturated heterocycles. The first-order chi connectivity index (χ1) is 9.16. The zero-order valence-corrected chi connectivity index (χ0v) is 12.2. The first kappa shape index (κ1) is 16.6. The summed E-state index contributed by atoms with van der Waals surface area (Å²) in [4.78, 5) is 11.6. The SMILES string of the molecule is O=P([O-])(OCc1ccccc1)OCc1ccccc1.[NH4+]. The highest BCUT2D eigenvalue weighted by atomic mass is 31.2. The second-order valence-electron chi connectivity index (χ2n) is 3.97. The van der Waals surface area contributed by atoms with Gasteiger partial charge in [-0.2, -0.15) is 0 Å². The van der Waals surface area contributed by atoms with Gasteiger partial charge in [-0.1, -0.05) is 60.7 Å². The lowest BCUT2D eigenvalue weighted by atomic mass is 10.2. The maximum absolute atomic E-state index is 11.6. The van der Waals surface area contributed by atoms with Gasteiger partial charge in [0.05, 0.1) is 13.2 Å². The molecule has 20 heavy (non-hydrogen) atoms. The van der Waals surface area contributed by atoms with Gasteiger partial charge in [-0.15, -0.1) is 0 Å². The molecule has 0 spiro atoms. The third-order valence-electron chi connectivity index (χ3n) is 2.46. The molecular formula is C14H18NO4P. The highest BCUT2D eigenvalue weighted by Crippen LogP contribution is 2.40. The highest BCUT2D eigenvalue weighted by Gasteiger charge is 2.09. The molecule has 0 aliphatic heterocycles. The Morgan fingerprint density at radius 2 is 1.15 bits per heavy atom. The highest BCUT2D eigenvalue weighted by molar-refractivity contribution is 7.45. The molecule has 0 bridgehead atoms. The number of phosphoric ester groups is 1. The molecule has 0 aromatic heterocycles. The van der Waals surface area contributed by atoms with Gasteiger partial charge < -0.3 is 20.1 Å². The second kappa shape index (κ2) is 7.94. The minimum atomic E-state index is -4.27. The molecule has 0 radical (unpaired) electrons. The Balaban J connectivity index is 0.00000200. The summed E-state index contributed by atoms with van der Waals surface area (Å²) in [5, 5.41) is 0. The van der Waals surface area contributed by atoms with Gasteiger partial charge in [0.25, 0.3) is 7.82 Å². The molecule has 0 saturated carbocycles. The van der Waals surface area contributed by atoms with Crippen molar-refractivity contribution in [3.63, 3.8) is 0 Å². The molecule has 0 fully saturated rings. The minimum Gasteiger partial charge on any atom is -0.756 e. The van der Waals surface area contributed by atoms with E-state index in [9.17, 15) is 9.46 Å². The molecule has 108 valence electrons. The van der Waals surface area contributed by atoms with E-state index in [1.54, 1.807) is 24.3 Å². The van der Waals surface area contributed by atoms with E-state index in [1.165, 1.54) is 0 Å². The summed E-state index contributed by atoms with van der Waals surface area (Å²) < 4.78 is 21.2. The third-order valence-corrected chi connectivity index (χ3v) is 3.35. The van der Waals surface area contributed by atoms with Crippen molar-refractivity contribution in [2.75, 3.05) is 0 Å². The van der Waals surface area contributed by atoms with Gasteiger partial charge in [-0.05, 0) is 11.1 Å². The van der Waals surface area contributed by atoms with Crippen LogP contribution >= 0.6 is 7.82 Å². The summed E-state index contributed by atoms with van der Waals surface area (Å²) in [6.07, 6.45) is 0. The van der Waals surface area contributed by atoms with Gasteiger partial charge >= 0.3 is 0 Å². The standard InChI is InChI=1S/C14H15O4P.H3N/c15-19(16,17-11-13-7-3-1-4-8-13)18-12-14-9-5-2-6-10-14;/h1-10H,11-12H2,(H,15,16);1H3. The maximum atomic E-state index is 11.6. The van der Waals surface area contributed by atoms with Gasteiger partial charge in [0.1, 0.15) is 0 Å². The fourth-order valence-electron chi connectivity index (χ4n) is 1.49. The summed E-state index contributed by atoms with van der Waals surface area (Å²) in [6.45, 7) is -0.0349. The summed E-state index contributed by atoms with van der Waals surface area (Å²) in [7, 11) is -4.27. The lowest BCUT2D eigenvalue weighted by molar-refractivity contribution is -0.227. The van der Waals surface area contributed by atoms with E-state index >= 15 is 0 Å². The van der Waals surface area contributed by atoms with E-state index in [0.29, 0.717) is 0 Å². The van der Waals surface area contributed by atoms with Crippen molar-refractivity contribution < 1.29 is 18.5 Å². The Hall–Kier alpha value is -1.49. The molecule has 0 aliphatic rings. The zero-order chi connectivity index (χ0) is 13.6. The number of phosphoric acid groups is 1. The topological polar surface area (TPSA) is 95.1 Å². The fraction of sp³-hybridized carbons (Fsp3) is 0.143. The molecule has 2 aromatic carbocycles. The molecule has 2 rings (SSSR count). The van der Waals surface area contributed by atoms with Crippen LogP contribution in [0.25, 0.3) is 0 Å². The number of hydrogen-bond acceptors (Lipinski definition) is 4. The van der Waals surface area contributed by atoms with Gasteiger partial charge in [-0.3, -0.25) is 4.57 Å². The van der Waals surface area contributed by atoms with Crippen LogP contribution in [-0.4, -0.2) is 0 Å². The molecule has 5 nitrogen and oxygen atoms in total. The van der Waals surface area contributed by atoms with Crippen LogP contribution in [-0.2, 0) is 26.8 Å². The van der Waals surface area contributed by atoms with E-state index in [4.69, 9.17) is 9.05 Å². The quantitative estimate of drug-likeness (QED) is 0.827. The van der Waals surface area contributed by atoms with Crippen molar-refractivity contribution in [3.8, 4) is 0 Å². The first-order valence-electron chi connectivity index (χ1n) is 5.84. The summed E-state index contributed by atoms with van der Waals surface area (Å²) in [5.41, 5.74) is 1.56. The predicted octanol–water partition coefficient (Wildman–Crippen LogP) is 3.26. The van der Waals surface area contributed by atoms with Crippen LogP contribution in [0.3, 0.4) is 0 Å². The minimum absolute atomic E-state index is 0. The van der Waals surface area contributed by atoms with E-state index in [2.05, 4.69) is 0 Å². The van der Waals surface area contributed by atoms with Crippen molar-refractivity contribution in [2.45, 2.75) is 13.2 Å². The zero-order valence-electron chi connectivity index (χ0n) is 11.3. The number of quaternary nitrogens is 1. The van der Waals surface area contributed by atoms with Crippen molar-refractivity contribution in [3.05, 3.63) is 71.8 Å². The summed E-state index contributed by atoms with van der Waals surface area (Å²) >= 11 is 0. The molecule has 0 atom stereocenters. The molecule has 4 N–H and O–H groups in total. The molecule has 0 aliphatic carbocycles. The average molecular weight is 295 g/mol. The van der Waals surface area contributed by atoms with Crippen molar-refractivity contribution in [1.82, 2.24) is 6.15 Å². The largest absolute Gasteiger partial charge is 0.756 e. The van der Waals surface area contributed by atoms with Crippen LogP contribution in [0, 0.1) is 0 Å². The lowest BCUT2D eigenvalue weighted by Crippen LogP contribution is -2.08. The number of hydrogen-bond donors (Lipinski definition) is 1. The molecule has 2 aromatic rings. The molecule has 0 unspecified atom stereocenters. The Bertz CT molecular complexity index is 500. The Morgan fingerprint density at radius 1 is 0.800 bits per heavy atom. The van der Waals surface area contributed by atoms with Crippen molar-refractivity contribution in [2.24, 2.45) is 0 Å². The molecule has 0 amide bonds. The Kier molecular flexibility index (Phi) is 6.58. The Labute approximate surface area is 118 Å². The smallest absolute Gasteiger partial charge is 0.268 e. The predicted molar refractivity (Wildman–Crippen MR) is 76.1 cm³/mol. The Morgan fingerprint density at radius 3 is 1.50 bits per heavy atom. The van der Waals surface area contributed by atoms with Crippen LogP contribution < -0.4 is 11.0 Å². The summed E-state index contributed by atoms with van der Waals surface area (Å²) in [6, 6.07) is 18.1. The average Bonchev–Trinajstić information content (AvgIpc) is 2.46. The number of rotatable bonds is 6. The summed E-state index contributed by atoms with van der Waals surface area (Å²) in [5.74, 6) is 0. The lowest BCUT2D eigenvalue weighted by Gasteiger charge is -2.22. The molecule has 6 heteroatoms. The van der Waals surface area contributed by atoms with E-state index in [1.807, 2.05) is 36.4 Å². The van der Waals surface area contributed by atoms with E-state index < -0.39 is 7.82 Å². The first-order valence-corrected chi connectivity index (χ1v) is 7.30. The molecule has 0 heterocycles. The third kappa shape index (κ3) is 5.65. The van der Waals surface area contributed by atoms with E-state index in [-0.39, 0.29) is 19.4 Å². The van der Waals surface area contributed by atoms with Gasteiger partial charge in [0.2, 0.25) is 0 Å². The van der Waals surface area contributed by atoms with Crippen LogP contribution in [0.4, 0.5) is 0 Å². The molecular weight excluding hydrogens is 277 g/mol. The fourth-order valence-corrected chi connectivity index (χ4v) is 2.18. The van der Waals surface area contributed by atoms with Crippen LogP contribution in [0.2, 0.25) is 0 Å². The number of benzene rings is 2. The normalized spacial score (nSPS) is 10.8. The van der Waals surface area contributed by atoms with Crippen LogP contribution in [0.5, 0.6) is 0 Å². The van der Waals surface area contributed by atoms with Crippen molar-refractivity contribution in [1.29, 1.82) is 0 Å². The monoisotopic (exact) mass is 295 g/mol. The van der Waals surface area contributed by atoms with Gasteiger partial charge in [0, 0.05) is 0 Å². The van der Waals surface area contributed by atoms with Crippen LogP contribution in [0.15, 0.2) is 60.7 Å². The van der Waals surface area contributed by atoms with Gasteiger partial charge in [0.15, 0.2) is 0 Å². The maximum Gasteiger partial charge on any atom is 0.268 e. The second-order valence-corrected chi connectivity index (χ2v) is 5.38.